The zero-order valence-corrected chi connectivity index (χ0v) is 14.8. The van der Waals surface area contributed by atoms with Gasteiger partial charge in [-0.2, -0.15) is 4.31 Å². The lowest BCUT2D eigenvalue weighted by Crippen LogP contribution is -2.51. The van der Waals surface area contributed by atoms with E-state index in [1.54, 1.807) is 16.4 Å². The van der Waals surface area contributed by atoms with Gasteiger partial charge in [0.2, 0.25) is 15.9 Å². The minimum absolute atomic E-state index is 0.185. The molecule has 7 heteroatoms. The molecule has 2 aliphatic heterocycles. The van der Waals surface area contributed by atoms with Crippen LogP contribution in [0.2, 0.25) is 0 Å². The molecule has 2 heterocycles. The second kappa shape index (κ2) is 6.82. The summed E-state index contributed by atoms with van der Waals surface area (Å²) in [6, 6.07) is 7.04. The fourth-order valence-corrected chi connectivity index (χ4v) is 5.27. The molecule has 24 heavy (non-hydrogen) atoms. The molecule has 1 aromatic carbocycles. The molecule has 132 valence electrons. The van der Waals surface area contributed by atoms with Crippen LogP contribution in [0.3, 0.4) is 0 Å². The molecule has 2 fully saturated rings. The number of aryl methyl sites for hydroxylation is 1. The first-order valence-corrected chi connectivity index (χ1v) is 9.95. The Balaban J connectivity index is 1.66. The second-order valence-electron chi connectivity index (χ2n) is 6.75. The SMILES string of the molecule is Cc1ccc(S(=O)(=O)N2CCC(N3CCCC3C(N)=O)CC2)cc1. The molecular weight excluding hydrogens is 326 g/mol. The smallest absolute Gasteiger partial charge is 0.243 e. The van der Waals surface area contributed by atoms with Crippen LogP contribution in [0.25, 0.3) is 0 Å². The third-order valence-electron chi connectivity index (χ3n) is 5.17. The van der Waals surface area contributed by atoms with Crippen molar-refractivity contribution in [3.63, 3.8) is 0 Å². The predicted octanol–water partition coefficient (Wildman–Crippen LogP) is 1.10. The Morgan fingerprint density at radius 1 is 1.08 bits per heavy atom. The first-order valence-electron chi connectivity index (χ1n) is 8.51. The molecule has 0 radical (unpaired) electrons. The van der Waals surface area contributed by atoms with Crippen molar-refractivity contribution < 1.29 is 13.2 Å². The van der Waals surface area contributed by atoms with E-state index in [-0.39, 0.29) is 18.0 Å². The van der Waals surface area contributed by atoms with Crippen LogP contribution in [0.4, 0.5) is 0 Å². The van der Waals surface area contributed by atoms with Crippen molar-refractivity contribution in [3.05, 3.63) is 29.8 Å². The van der Waals surface area contributed by atoms with Crippen LogP contribution in [-0.2, 0) is 14.8 Å². The second-order valence-corrected chi connectivity index (χ2v) is 8.68. The van der Waals surface area contributed by atoms with E-state index in [9.17, 15) is 13.2 Å². The number of nitrogens with zero attached hydrogens (tertiary/aromatic N) is 2. The molecule has 0 bridgehead atoms. The number of carbonyl (C=O) groups excluding carboxylic acids is 1. The van der Waals surface area contributed by atoms with Crippen LogP contribution in [0.1, 0.15) is 31.2 Å². The number of sulfonamides is 1. The van der Waals surface area contributed by atoms with Gasteiger partial charge in [-0.1, -0.05) is 17.7 Å². The van der Waals surface area contributed by atoms with Crippen LogP contribution in [0.15, 0.2) is 29.2 Å². The Kier molecular flexibility index (Phi) is 4.94. The van der Waals surface area contributed by atoms with Gasteiger partial charge in [-0.25, -0.2) is 8.42 Å². The Hall–Kier alpha value is -1.44. The maximum atomic E-state index is 12.7. The highest BCUT2D eigenvalue weighted by Crippen LogP contribution is 2.28. The number of hydrogen-bond acceptors (Lipinski definition) is 4. The largest absolute Gasteiger partial charge is 0.368 e. The summed E-state index contributed by atoms with van der Waals surface area (Å²) in [6.45, 7) is 3.79. The summed E-state index contributed by atoms with van der Waals surface area (Å²) < 4.78 is 27.0. The molecule has 0 saturated carbocycles. The summed E-state index contributed by atoms with van der Waals surface area (Å²) in [4.78, 5) is 14.1. The monoisotopic (exact) mass is 351 g/mol. The summed E-state index contributed by atoms with van der Waals surface area (Å²) in [6.07, 6.45) is 3.29. The summed E-state index contributed by atoms with van der Waals surface area (Å²) in [5.74, 6) is -0.262. The standard InChI is InChI=1S/C17H25N3O3S/c1-13-4-6-15(7-5-13)24(22,23)19-11-8-14(9-12-19)20-10-2-3-16(20)17(18)21/h4-7,14,16H,2-3,8-12H2,1H3,(H2,18,21). The zero-order chi connectivity index (χ0) is 17.3. The Morgan fingerprint density at radius 2 is 1.71 bits per heavy atom. The number of carbonyl (C=O) groups is 1. The van der Waals surface area contributed by atoms with Gasteiger partial charge in [0, 0.05) is 19.1 Å². The molecule has 6 nitrogen and oxygen atoms in total. The van der Waals surface area contributed by atoms with Gasteiger partial charge in [-0.3, -0.25) is 9.69 Å². The van der Waals surface area contributed by atoms with Crippen molar-refractivity contribution >= 4 is 15.9 Å². The van der Waals surface area contributed by atoms with Gasteiger partial charge < -0.3 is 5.73 Å². The van der Waals surface area contributed by atoms with Gasteiger partial charge in [-0.05, 0) is 51.3 Å². The molecule has 0 aliphatic carbocycles. The van der Waals surface area contributed by atoms with E-state index < -0.39 is 10.0 Å². The lowest BCUT2D eigenvalue weighted by Gasteiger charge is -2.38. The van der Waals surface area contributed by atoms with Gasteiger partial charge >= 0.3 is 0 Å². The lowest BCUT2D eigenvalue weighted by molar-refractivity contribution is -0.123. The Bertz CT molecular complexity index is 694. The van der Waals surface area contributed by atoms with Crippen molar-refractivity contribution in [1.82, 2.24) is 9.21 Å². The van der Waals surface area contributed by atoms with E-state index in [1.165, 1.54) is 0 Å². The molecule has 2 saturated heterocycles. The van der Waals surface area contributed by atoms with Gasteiger partial charge in [0.05, 0.1) is 10.9 Å². The van der Waals surface area contributed by atoms with Crippen LogP contribution in [0, 0.1) is 6.92 Å². The molecule has 1 unspecified atom stereocenters. The quantitative estimate of drug-likeness (QED) is 0.880. The minimum Gasteiger partial charge on any atom is -0.368 e. The number of hydrogen-bond donors (Lipinski definition) is 1. The first kappa shape index (κ1) is 17.4. The van der Waals surface area contributed by atoms with E-state index in [2.05, 4.69) is 4.90 Å². The van der Waals surface area contributed by atoms with Gasteiger partial charge in [-0.15, -0.1) is 0 Å². The molecule has 3 rings (SSSR count). The number of amides is 1. The Morgan fingerprint density at radius 3 is 2.29 bits per heavy atom. The summed E-state index contributed by atoms with van der Waals surface area (Å²) in [5, 5.41) is 0. The number of benzene rings is 1. The maximum absolute atomic E-state index is 12.7. The topological polar surface area (TPSA) is 83.7 Å². The van der Waals surface area contributed by atoms with Crippen LogP contribution in [-0.4, -0.2) is 55.2 Å². The number of primary amides is 1. The summed E-state index contributed by atoms with van der Waals surface area (Å²) in [5.41, 5.74) is 6.53. The molecular formula is C17H25N3O3S. The van der Waals surface area contributed by atoms with E-state index in [4.69, 9.17) is 5.73 Å². The van der Waals surface area contributed by atoms with E-state index in [1.807, 2.05) is 19.1 Å². The highest BCUT2D eigenvalue weighted by molar-refractivity contribution is 7.89. The highest BCUT2D eigenvalue weighted by Gasteiger charge is 2.37. The molecule has 1 atom stereocenters. The average Bonchev–Trinajstić information content (AvgIpc) is 3.05. The van der Waals surface area contributed by atoms with Crippen molar-refractivity contribution in [2.75, 3.05) is 19.6 Å². The molecule has 1 aromatic rings. The number of nitrogens with two attached hydrogens (primary N) is 1. The third-order valence-corrected chi connectivity index (χ3v) is 7.09. The van der Waals surface area contributed by atoms with Gasteiger partial charge in [0.1, 0.15) is 0 Å². The lowest BCUT2D eigenvalue weighted by atomic mass is 10.0. The molecule has 0 aromatic heterocycles. The maximum Gasteiger partial charge on any atom is 0.243 e. The van der Waals surface area contributed by atoms with Crippen molar-refractivity contribution in [2.45, 2.75) is 49.6 Å². The molecule has 2 aliphatic rings. The van der Waals surface area contributed by atoms with E-state index in [0.717, 1.165) is 37.8 Å². The summed E-state index contributed by atoms with van der Waals surface area (Å²) >= 11 is 0. The van der Waals surface area contributed by atoms with Crippen LogP contribution >= 0.6 is 0 Å². The van der Waals surface area contributed by atoms with Crippen molar-refractivity contribution in [3.8, 4) is 0 Å². The van der Waals surface area contributed by atoms with E-state index >= 15 is 0 Å². The average molecular weight is 351 g/mol. The molecule has 2 N–H and O–H groups in total. The first-order chi connectivity index (χ1) is 11.4. The van der Waals surface area contributed by atoms with Crippen LogP contribution in [0.5, 0.6) is 0 Å². The van der Waals surface area contributed by atoms with Gasteiger partial charge in [0.15, 0.2) is 0 Å². The number of likely N-dealkylation sites (tertiary alicyclic amines) is 1. The predicted molar refractivity (Wildman–Crippen MR) is 91.9 cm³/mol. The van der Waals surface area contributed by atoms with E-state index in [0.29, 0.717) is 18.0 Å². The fourth-order valence-electron chi connectivity index (χ4n) is 3.81. The minimum atomic E-state index is -3.43. The van der Waals surface area contributed by atoms with Gasteiger partial charge in [0.25, 0.3) is 0 Å². The zero-order valence-electron chi connectivity index (χ0n) is 14.0. The Labute approximate surface area is 143 Å². The normalized spacial score (nSPS) is 24.3. The summed E-state index contributed by atoms with van der Waals surface area (Å²) in [7, 11) is -3.43. The fraction of sp³-hybridized carbons (Fsp3) is 0.588. The number of piperidine rings is 1. The van der Waals surface area contributed by atoms with Crippen molar-refractivity contribution in [2.24, 2.45) is 5.73 Å². The number of rotatable bonds is 4. The molecule has 0 spiro atoms. The van der Waals surface area contributed by atoms with Crippen molar-refractivity contribution in [1.29, 1.82) is 0 Å². The van der Waals surface area contributed by atoms with Crippen LogP contribution < -0.4 is 5.73 Å². The molecule has 1 amide bonds. The third kappa shape index (κ3) is 3.34. The highest BCUT2D eigenvalue weighted by atomic mass is 32.2.